The van der Waals surface area contributed by atoms with E-state index in [1.165, 1.54) is 17.0 Å². The van der Waals surface area contributed by atoms with Gasteiger partial charge in [0.25, 0.3) is 11.8 Å². The third kappa shape index (κ3) is 3.84. The van der Waals surface area contributed by atoms with Gasteiger partial charge in [-0.15, -0.1) is 0 Å². The lowest BCUT2D eigenvalue weighted by molar-refractivity contribution is -0.176. The summed E-state index contributed by atoms with van der Waals surface area (Å²) < 4.78 is 5.35. The SMILES string of the molecule is CN1CCN(C(=O)OC(C)(C)C)CC1C(=O)ON1C(=O)c2ccccc2C1=O. The number of carbonyl (C=O) groups is 4. The molecule has 9 heteroatoms. The summed E-state index contributed by atoms with van der Waals surface area (Å²) in [4.78, 5) is 58.0. The number of piperazine rings is 1. The van der Waals surface area contributed by atoms with Crippen LogP contribution in [0.4, 0.5) is 4.79 Å². The summed E-state index contributed by atoms with van der Waals surface area (Å²) >= 11 is 0. The zero-order chi connectivity index (χ0) is 20.6. The average molecular weight is 389 g/mol. The molecule has 0 N–H and O–H groups in total. The Hall–Kier alpha value is -2.94. The van der Waals surface area contributed by atoms with Gasteiger partial charge in [0.2, 0.25) is 0 Å². The van der Waals surface area contributed by atoms with Gasteiger partial charge in [0.05, 0.1) is 17.7 Å². The summed E-state index contributed by atoms with van der Waals surface area (Å²) in [6.45, 7) is 6.12. The molecule has 1 aromatic carbocycles. The van der Waals surface area contributed by atoms with Gasteiger partial charge in [-0.25, -0.2) is 9.59 Å². The first kappa shape index (κ1) is 19.8. The number of rotatable bonds is 2. The predicted octanol–water partition coefficient (Wildman–Crippen LogP) is 1.29. The van der Waals surface area contributed by atoms with Crippen molar-refractivity contribution in [2.45, 2.75) is 32.4 Å². The molecule has 0 spiro atoms. The van der Waals surface area contributed by atoms with E-state index in [9.17, 15) is 19.2 Å². The number of hydrogen-bond donors (Lipinski definition) is 0. The first-order valence-corrected chi connectivity index (χ1v) is 8.96. The van der Waals surface area contributed by atoms with Crippen LogP contribution in [-0.4, -0.2) is 77.1 Å². The van der Waals surface area contributed by atoms with E-state index in [4.69, 9.17) is 9.57 Å². The van der Waals surface area contributed by atoms with Crippen molar-refractivity contribution in [3.05, 3.63) is 35.4 Å². The Morgan fingerprint density at radius 3 is 2.14 bits per heavy atom. The number of hydroxylamine groups is 2. The highest BCUT2D eigenvalue weighted by Crippen LogP contribution is 2.23. The van der Waals surface area contributed by atoms with Crippen molar-refractivity contribution in [3.8, 4) is 0 Å². The maximum atomic E-state index is 12.7. The molecule has 1 saturated heterocycles. The first-order chi connectivity index (χ1) is 13.1. The molecule has 0 radical (unpaired) electrons. The van der Waals surface area contributed by atoms with Gasteiger partial charge >= 0.3 is 12.1 Å². The van der Waals surface area contributed by atoms with Crippen LogP contribution in [0.2, 0.25) is 0 Å². The Morgan fingerprint density at radius 1 is 1.04 bits per heavy atom. The Bertz CT molecular complexity index is 796. The van der Waals surface area contributed by atoms with Crippen LogP contribution in [0.5, 0.6) is 0 Å². The summed E-state index contributed by atoms with van der Waals surface area (Å²) in [5, 5.41) is 0.479. The topological polar surface area (TPSA) is 96.5 Å². The van der Waals surface area contributed by atoms with Gasteiger partial charge < -0.3 is 14.5 Å². The van der Waals surface area contributed by atoms with Crippen LogP contribution in [0.15, 0.2) is 24.3 Å². The maximum absolute atomic E-state index is 12.7. The molecule has 3 rings (SSSR count). The standard InChI is InChI=1S/C19H23N3O6/c1-19(2,3)27-18(26)21-10-9-20(4)14(11-21)17(25)28-22-15(23)12-7-5-6-8-13(12)16(22)24/h5-8,14H,9-11H2,1-4H3. The van der Waals surface area contributed by atoms with E-state index >= 15 is 0 Å². The Morgan fingerprint density at radius 2 is 1.61 bits per heavy atom. The molecule has 150 valence electrons. The number of ether oxygens (including phenoxy) is 1. The summed E-state index contributed by atoms with van der Waals surface area (Å²) in [6, 6.07) is 5.43. The van der Waals surface area contributed by atoms with Crippen molar-refractivity contribution in [2.24, 2.45) is 0 Å². The average Bonchev–Trinajstić information content (AvgIpc) is 2.86. The van der Waals surface area contributed by atoms with Gasteiger partial charge in [-0.3, -0.25) is 14.5 Å². The minimum absolute atomic E-state index is 0.0351. The molecule has 3 amide bonds. The van der Waals surface area contributed by atoms with Crippen LogP contribution in [-0.2, 0) is 14.4 Å². The number of fused-ring (bicyclic) bond motifs is 1. The van der Waals surface area contributed by atoms with Gasteiger partial charge in [-0.2, -0.15) is 0 Å². The second-order valence-electron chi connectivity index (χ2n) is 7.78. The molecule has 1 unspecified atom stereocenters. The quantitative estimate of drug-likeness (QED) is 0.703. The normalized spacial score (nSPS) is 20.2. The number of amides is 3. The highest BCUT2D eigenvalue weighted by atomic mass is 16.7. The predicted molar refractivity (Wildman–Crippen MR) is 97.3 cm³/mol. The number of imide groups is 1. The molecule has 28 heavy (non-hydrogen) atoms. The summed E-state index contributed by atoms with van der Waals surface area (Å²) in [5.41, 5.74) is -0.281. The molecular formula is C19H23N3O6. The van der Waals surface area contributed by atoms with Gasteiger partial charge in [0, 0.05) is 13.1 Å². The molecule has 1 aromatic rings. The molecule has 2 heterocycles. The Balaban J connectivity index is 1.69. The second-order valence-corrected chi connectivity index (χ2v) is 7.78. The van der Waals surface area contributed by atoms with Crippen molar-refractivity contribution >= 4 is 23.9 Å². The van der Waals surface area contributed by atoms with E-state index in [2.05, 4.69) is 0 Å². The van der Waals surface area contributed by atoms with Crippen molar-refractivity contribution in [1.82, 2.24) is 14.9 Å². The number of carbonyl (C=O) groups excluding carboxylic acids is 4. The van der Waals surface area contributed by atoms with Crippen molar-refractivity contribution < 1.29 is 28.8 Å². The molecule has 1 fully saturated rings. The fraction of sp³-hybridized carbons (Fsp3) is 0.474. The second kappa shape index (κ2) is 7.23. The van der Waals surface area contributed by atoms with Crippen LogP contribution in [0, 0.1) is 0 Å². The van der Waals surface area contributed by atoms with Gasteiger partial charge in [0.1, 0.15) is 11.6 Å². The Labute approximate surface area is 162 Å². The van der Waals surface area contributed by atoms with Crippen molar-refractivity contribution in [3.63, 3.8) is 0 Å². The molecule has 2 aliphatic rings. The minimum Gasteiger partial charge on any atom is -0.444 e. The van der Waals surface area contributed by atoms with E-state index in [0.29, 0.717) is 18.2 Å². The molecule has 0 saturated carbocycles. The molecule has 0 aliphatic carbocycles. The van der Waals surface area contributed by atoms with Gasteiger partial charge in [-0.1, -0.05) is 17.2 Å². The summed E-state index contributed by atoms with van der Waals surface area (Å²) in [5.74, 6) is -2.15. The lowest BCUT2D eigenvalue weighted by atomic mass is 10.1. The van der Waals surface area contributed by atoms with E-state index in [1.807, 2.05) is 0 Å². The molecule has 0 aromatic heterocycles. The number of likely N-dealkylation sites (N-methyl/N-ethyl adjacent to an activating group) is 1. The maximum Gasteiger partial charge on any atom is 0.410 e. The van der Waals surface area contributed by atoms with E-state index in [-0.39, 0.29) is 17.7 Å². The van der Waals surface area contributed by atoms with Crippen LogP contribution in [0.3, 0.4) is 0 Å². The number of nitrogens with zero attached hydrogens (tertiary/aromatic N) is 3. The molecule has 2 aliphatic heterocycles. The Kier molecular flexibility index (Phi) is 5.12. The third-order valence-electron chi connectivity index (χ3n) is 4.51. The zero-order valence-electron chi connectivity index (χ0n) is 16.3. The number of hydrogen-bond acceptors (Lipinski definition) is 7. The van der Waals surface area contributed by atoms with E-state index in [0.717, 1.165) is 0 Å². The fourth-order valence-electron chi connectivity index (χ4n) is 3.02. The molecule has 1 atom stereocenters. The lowest BCUT2D eigenvalue weighted by Crippen LogP contribution is -2.58. The van der Waals surface area contributed by atoms with Crippen LogP contribution in [0.25, 0.3) is 0 Å². The highest BCUT2D eigenvalue weighted by Gasteiger charge is 2.42. The largest absolute Gasteiger partial charge is 0.444 e. The van der Waals surface area contributed by atoms with E-state index in [1.54, 1.807) is 44.9 Å². The van der Waals surface area contributed by atoms with Crippen molar-refractivity contribution in [2.75, 3.05) is 26.7 Å². The zero-order valence-corrected chi connectivity index (χ0v) is 16.3. The van der Waals surface area contributed by atoms with Crippen LogP contribution >= 0.6 is 0 Å². The van der Waals surface area contributed by atoms with E-state index < -0.39 is 35.5 Å². The smallest absolute Gasteiger partial charge is 0.410 e. The monoisotopic (exact) mass is 389 g/mol. The van der Waals surface area contributed by atoms with Crippen LogP contribution in [0.1, 0.15) is 41.5 Å². The fourth-order valence-corrected chi connectivity index (χ4v) is 3.02. The lowest BCUT2D eigenvalue weighted by Gasteiger charge is -2.38. The molecular weight excluding hydrogens is 366 g/mol. The van der Waals surface area contributed by atoms with Crippen molar-refractivity contribution in [1.29, 1.82) is 0 Å². The summed E-state index contributed by atoms with van der Waals surface area (Å²) in [7, 11) is 1.71. The minimum atomic E-state index is -0.828. The van der Waals surface area contributed by atoms with Gasteiger partial charge in [-0.05, 0) is 40.0 Å². The molecule has 9 nitrogen and oxygen atoms in total. The van der Waals surface area contributed by atoms with Gasteiger partial charge in [0.15, 0.2) is 0 Å². The number of benzene rings is 1. The summed E-state index contributed by atoms with van der Waals surface area (Å²) in [6.07, 6.45) is -0.529. The third-order valence-corrected chi connectivity index (χ3v) is 4.51. The molecule has 0 bridgehead atoms. The van der Waals surface area contributed by atoms with Crippen LogP contribution < -0.4 is 0 Å². The first-order valence-electron chi connectivity index (χ1n) is 8.96. The highest BCUT2D eigenvalue weighted by molar-refractivity contribution is 6.20.